The van der Waals surface area contributed by atoms with Gasteiger partial charge in [0.05, 0.1) is 30.7 Å². The van der Waals surface area contributed by atoms with Gasteiger partial charge >= 0.3 is 0 Å². The fourth-order valence-electron chi connectivity index (χ4n) is 1.58. The summed E-state index contributed by atoms with van der Waals surface area (Å²) in [5.74, 6) is 5.08. The van der Waals surface area contributed by atoms with Crippen molar-refractivity contribution in [3.63, 3.8) is 0 Å². The van der Waals surface area contributed by atoms with Gasteiger partial charge < -0.3 is 16.2 Å². The highest BCUT2D eigenvalue weighted by Crippen LogP contribution is 2.23. The van der Waals surface area contributed by atoms with E-state index < -0.39 is 22.5 Å². The molecule has 8 heteroatoms. The van der Waals surface area contributed by atoms with Crippen LogP contribution in [0, 0.1) is 11.8 Å². The Labute approximate surface area is 123 Å². The molecule has 114 valence electrons. The van der Waals surface area contributed by atoms with Crippen molar-refractivity contribution in [3.05, 3.63) is 23.8 Å². The molecular weight excluding hydrogens is 294 g/mol. The Bertz CT molecular complexity index is 689. The van der Waals surface area contributed by atoms with Crippen LogP contribution in [0.3, 0.4) is 0 Å². The zero-order valence-corrected chi connectivity index (χ0v) is 12.6. The number of sulfonamides is 1. The molecule has 1 aromatic rings. The third kappa shape index (κ3) is 4.19. The lowest BCUT2D eigenvalue weighted by molar-refractivity contribution is -0.118. The Hall–Kier alpha value is -2.08. The first-order valence-corrected chi connectivity index (χ1v) is 7.38. The number of hydrogen-bond acceptors (Lipinski definition) is 5. The summed E-state index contributed by atoms with van der Waals surface area (Å²) in [6.45, 7) is -0.264. The number of amides is 1. The van der Waals surface area contributed by atoms with Gasteiger partial charge in [-0.25, -0.2) is 8.42 Å². The highest BCUT2D eigenvalue weighted by atomic mass is 32.2. The number of nitrogens with zero attached hydrogens (tertiary/aromatic N) is 1. The normalized spacial score (nSPS) is 10.9. The quantitative estimate of drug-likeness (QED) is 0.684. The van der Waals surface area contributed by atoms with Crippen LogP contribution in [-0.4, -0.2) is 45.9 Å². The van der Waals surface area contributed by atoms with Crippen LogP contribution in [0.25, 0.3) is 0 Å². The third-order valence-corrected chi connectivity index (χ3v) is 4.38. The first kappa shape index (κ1) is 17.0. The monoisotopic (exact) mass is 311 g/mol. The topological polar surface area (TPSA) is 116 Å². The number of benzene rings is 1. The van der Waals surface area contributed by atoms with Gasteiger partial charge in [-0.2, -0.15) is 4.31 Å². The van der Waals surface area contributed by atoms with Crippen LogP contribution in [0.4, 0.5) is 0 Å². The maximum atomic E-state index is 12.3. The van der Waals surface area contributed by atoms with Crippen LogP contribution in [-0.2, 0) is 14.8 Å². The van der Waals surface area contributed by atoms with Crippen LogP contribution in [0.2, 0.25) is 0 Å². The summed E-state index contributed by atoms with van der Waals surface area (Å²) in [5, 5.41) is 0. The largest absolute Gasteiger partial charge is 0.495 e. The summed E-state index contributed by atoms with van der Waals surface area (Å²) < 4.78 is 30.6. The molecule has 0 aliphatic heterocycles. The Morgan fingerprint density at radius 3 is 2.62 bits per heavy atom. The zero-order valence-electron chi connectivity index (χ0n) is 11.8. The molecule has 0 saturated carbocycles. The van der Waals surface area contributed by atoms with Gasteiger partial charge in [0.25, 0.3) is 0 Å². The van der Waals surface area contributed by atoms with E-state index in [2.05, 4.69) is 11.8 Å². The van der Waals surface area contributed by atoms with E-state index in [0.29, 0.717) is 11.3 Å². The summed E-state index contributed by atoms with van der Waals surface area (Å²) in [4.78, 5) is 10.9. The van der Waals surface area contributed by atoms with Gasteiger partial charge in [-0.3, -0.25) is 4.79 Å². The SMILES string of the molecule is COc1ccc(S(=O)(=O)N(C)CC(N)=O)cc1C#CCN. The predicted octanol–water partition coefficient (Wildman–Crippen LogP) is -0.889. The van der Waals surface area contributed by atoms with Crippen molar-refractivity contribution in [3.8, 4) is 17.6 Å². The zero-order chi connectivity index (χ0) is 16.0. The van der Waals surface area contributed by atoms with Gasteiger partial charge in [-0.05, 0) is 18.2 Å². The number of methoxy groups -OCH3 is 1. The van der Waals surface area contributed by atoms with E-state index in [9.17, 15) is 13.2 Å². The minimum atomic E-state index is -3.83. The average Bonchev–Trinajstić information content (AvgIpc) is 2.43. The molecule has 0 atom stereocenters. The molecule has 0 unspecified atom stereocenters. The van der Waals surface area contributed by atoms with Crippen LogP contribution >= 0.6 is 0 Å². The second-order valence-corrected chi connectivity index (χ2v) is 6.14. The minimum Gasteiger partial charge on any atom is -0.495 e. The smallest absolute Gasteiger partial charge is 0.243 e. The van der Waals surface area contributed by atoms with Gasteiger partial charge in [0, 0.05) is 7.05 Å². The minimum absolute atomic E-state index is 0.00614. The molecule has 0 fully saturated rings. The highest BCUT2D eigenvalue weighted by molar-refractivity contribution is 7.89. The molecule has 21 heavy (non-hydrogen) atoms. The molecule has 0 aliphatic carbocycles. The van der Waals surface area contributed by atoms with E-state index in [4.69, 9.17) is 16.2 Å². The molecule has 0 spiro atoms. The number of rotatable bonds is 5. The van der Waals surface area contributed by atoms with Gasteiger partial charge in [0.15, 0.2) is 0 Å². The first-order valence-electron chi connectivity index (χ1n) is 5.94. The molecule has 1 aromatic carbocycles. The average molecular weight is 311 g/mol. The van der Waals surface area contributed by atoms with E-state index in [1.165, 1.54) is 32.4 Å². The molecule has 7 nitrogen and oxygen atoms in total. The molecule has 1 rings (SSSR count). The van der Waals surface area contributed by atoms with Crippen LogP contribution < -0.4 is 16.2 Å². The molecule has 0 aliphatic rings. The molecule has 0 saturated heterocycles. The Kier molecular flexibility index (Phi) is 5.72. The number of likely N-dealkylation sites (N-methyl/N-ethyl adjacent to an activating group) is 1. The van der Waals surface area contributed by atoms with Crippen LogP contribution in [0.1, 0.15) is 5.56 Å². The molecular formula is C13H17N3O4S. The van der Waals surface area contributed by atoms with Crippen molar-refractivity contribution in [2.24, 2.45) is 11.5 Å². The number of primary amides is 1. The van der Waals surface area contributed by atoms with Crippen LogP contribution in [0.15, 0.2) is 23.1 Å². The van der Waals surface area contributed by atoms with E-state index in [-0.39, 0.29) is 11.4 Å². The van der Waals surface area contributed by atoms with E-state index in [0.717, 1.165) is 4.31 Å². The molecule has 0 bridgehead atoms. The lowest BCUT2D eigenvalue weighted by Crippen LogP contribution is -2.35. The summed E-state index contributed by atoms with van der Waals surface area (Å²) in [5.41, 5.74) is 10.7. The Balaban J connectivity index is 3.28. The van der Waals surface area contributed by atoms with E-state index in [1.807, 2.05) is 0 Å². The first-order chi connectivity index (χ1) is 9.82. The van der Waals surface area contributed by atoms with Crippen molar-refractivity contribution in [1.29, 1.82) is 0 Å². The second-order valence-electron chi connectivity index (χ2n) is 4.10. The predicted molar refractivity (Wildman–Crippen MR) is 77.9 cm³/mol. The summed E-state index contributed by atoms with van der Waals surface area (Å²) in [6.07, 6.45) is 0. The number of carbonyl (C=O) groups excluding carboxylic acids is 1. The van der Waals surface area contributed by atoms with Gasteiger partial charge in [0.1, 0.15) is 5.75 Å². The summed E-state index contributed by atoms with van der Waals surface area (Å²) in [6, 6.07) is 4.24. The van der Waals surface area contributed by atoms with Crippen molar-refractivity contribution < 1.29 is 17.9 Å². The fourth-order valence-corrected chi connectivity index (χ4v) is 2.74. The lowest BCUT2D eigenvalue weighted by atomic mass is 10.2. The number of nitrogens with two attached hydrogens (primary N) is 2. The lowest BCUT2D eigenvalue weighted by Gasteiger charge is -2.16. The number of carbonyl (C=O) groups is 1. The highest BCUT2D eigenvalue weighted by Gasteiger charge is 2.23. The van der Waals surface area contributed by atoms with Crippen molar-refractivity contribution >= 4 is 15.9 Å². The van der Waals surface area contributed by atoms with Gasteiger partial charge in [-0.1, -0.05) is 11.8 Å². The van der Waals surface area contributed by atoms with Crippen molar-refractivity contribution in [2.75, 3.05) is 27.2 Å². The maximum Gasteiger partial charge on any atom is 0.243 e. The van der Waals surface area contributed by atoms with Crippen molar-refractivity contribution in [1.82, 2.24) is 4.31 Å². The van der Waals surface area contributed by atoms with E-state index in [1.54, 1.807) is 0 Å². The van der Waals surface area contributed by atoms with Gasteiger partial charge in [-0.15, -0.1) is 0 Å². The Morgan fingerprint density at radius 1 is 1.43 bits per heavy atom. The Morgan fingerprint density at radius 2 is 2.10 bits per heavy atom. The number of ether oxygens (including phenoxy) is 1. The second kappa shape index (κ2) is 7.08. The third-order valence-electron chi connectivity index (χ3n) is 2.58. The van der Waals surface area contributed by atoms with E-state index >= 15 is 0 Å². The van der Waals surface area contributed by atoms with Crippen LogP contribution in [0.5, 0.6) is 5.75 Å². The van der Waals surface area contributed by atoms with Crippen molar-refractivity contribution in [2.45, 2.75) is 4.90 Å². The molecule has 0 heterocycles. The summed E-state index contributed by atoms with van der Waals surface area (Å²) >= 11 is 0. The van der Waals surface area contributed by atoms with Gasteiger partial charge in [0.2, 0.25) is 15.9 Å². The summed E-state index contributed by atoms with van der Waals surface area (Å²) in [7, 11) is -1.10. The molecule has 0 aromatic heterocycles. The molecule has 1 amide bonds. The standard InChI is InChI=1S/C13H17N3O4S/c1-16(9-13(15)17)21(18,19)11-5-6-12(20-2)10(8-11)4-3-7-14/h5-6,8H,7,9,14H2,1-2H3,(H2,15,17). The fraction of sp³-hybridized carbons (Fsp3) is 0.308. The number of hydrogen-bond donors (Lipinski definition) is 2. The molecule has 0 radical (unpaired) electrons. The maximum absolute atomic E-state index is 12.3. The molecule has 4 N–H and O–H groups in total.